The van der Waals surface area contributed by atoms with Crippen LogP contribution in [0.2, 0.25) is 0 Å². The van der Waals surface area contributed by atoms with Gasteiger partial charge in [0.1, 0.15) is 0 Å². The maximum Gasteiger partial charge on any atom is 0.315 e. The van der Waals surface area contributed by atoms with E-state index in [0.717, 1.165) is 6.42 Å². The molecule has 0 saturated heterocycles. The molecule has 0 aromatic heterocycles. The normalized spacial score (nSPS) is 13.2. The number of urea groups is 1. The Hall–Kier alpha value is -1.74. The van der Waals surface area contributed by atoms with Gasteiger partial charge in [-0.1, -0.05) is 19.3 Å². The molecular formula is C12H20N2O4. The lowest BCUT2D eigenvalue weighted by molar-refractivity contribution is -0.139. The number of carboxylic acids is 1. The number of carbonyl (C=O) groups excluding carboxylic acids is 1. The van der Waals surface area contributed by atoms with E-state index in [0.29, 0.717) is 6.42 Å². The molecule has 0 heterocycles. The molecule has 0 radical (unpaired) electrons. The van der Waals surface area contributed by atoms with Crippen LogP contribution in [0, 0.1) is 12.3 Å². The van der Waals surface area contributed by atoms with Gasteiger partial charge in [0.25, 0.3) is 0 Å². The van der Waals surface area contributed by atoms with Crippen molar-refractivity contribution in [3.8, 4) is 12.3 Å². The van der Waals surface area contributed by atoms with Gasteiger partial charge >= 0.3 is 12.0 Å². The number of terminal acetylenes is 1. The van der Waals surface area contributed by atoms with Crippen LogP contribution in [0.1, 0.15) is 26.2 Å². The molecule has 2 unspecified atom stereocenters. The van der Waals surface area contributed by atoms with Gasteiger partial charge in [-0.2, -0.15) is 0 Å². The number of hydrogen-bond donors (Lipinski definition) is 3. The van der Waals surface area contributed by atoms with Gasteiger partial charge in [-0.05, 0) is 6.42 Å². The van der Waals surface area contributed by atoms with Crippen molar-refractivity contribution in [3.05, 3.63) is 0 Å². The van der Waals surface area contributed by atoms with Crippen LogP contribution in [0.25, 0.3) is 0 Å². The summed E-state index contributed by atoms with van der Waals surface area (Å²) < 4.78 is 4.93. The van der Waals surface area contributed by atoms with E-state index < -0.39 is 18.1 Å². The first-order valence-corrected chi connectivity index (χ1v) is 5.78. The van der Waals surface area contributed by atoms with Gasteiger partial charge in [0, 0.05) is 13.7 Å². The van der Waals surface area contributed by atoms with Gasteiger partial charge in [-0.25, -0.2) is 4.79 Å². The average molecular weight is 256 g/mol. The van der Waals surface area contributed by atoms with Crippen LogP contribution in [-0.2, 0) is 9.53 Å². The van der Waals surface area contributed by atoms with E-state index in [4.69, 9.17) is 16.3 Å². The second kappa shape index (κ2) is 9.31. The van der Waals surface area contributed by atoms with Crippen LogP contribution in [-0.4, -0.2) is 42.9 Å². The van der Waals surface area contributed by atoms with Gasteiger partial charge in [0.15, 0.2) is 0 Å². The van der Waals surface area contributed by atoms with Crippen molar-refractivity contribution in [1.82, 2.24) is 10.6 Å². The Morgan fingerprint density at radius 3 is 2.61 bits per heavy atom. The van der Waals surface area contributed by atoms with Crippen molar-refractivity contribution in [1.29, 1.82) is 0 Å². The standard InChI is InChI=1S/C12H20N2O4/c1-4-6-9(5-2)14-12(17)13-8-10(18-3)7-11(15)16/h2,9-10H,4,6-8H2,1,3H3,(H,15,16)(H2,13,14,17). The van der Waals surface area contributed by atoms with Crippen LogP contribution in [0.4, 0.5) is 4.79 Å². The van der Waals surface area contributed by atoms with Crippen molar-refractivity contribution in [2.75, 3.05) is 13.7 Å². The Morgan fingerprint density at radius 1 is 1.50 bits per heavy atom. The van der Waals surface area contributed by atoms with Crippen molar-refractivity contribution in [2.24, 2.45) is 0 Å². The van der Waals surface area contributed by atoms with E-state index in [1.165, 1.54) is 7.11 Å². The van der Waals surface area contributed by atoms with Crippen LogP contribution in [0.15, 0.2) is 0 Å². The summed E-state index contributed by atoms with van der Waals surface area (Å²) >= 11 is 0. The maximum atomic E-state index is 11.5. The molecule has 2 atom stereocenters. The molecule has 0 rings (SSSR count). The molecule has 0 aliphatic carbocycles. The summed E-state index contributed by atoms with van der Waals surface area (Å²) in [6, 6.07) is -0.727. The molecule has 0 saturated carbocycles. The molecular weight excluding hydrogens is 236 g/mol. The lowest BCUT2D eigenvalue weighted by Crippen LogP contribution is -2.44. The van der Waals surface area contributed by atoms with Crippen molar-refractivity contribution in [3.63, 3.8) is 0 Å². The summed E-state index contributed by atoms with van der Waals surface area (Å²) in [5.41, 5.74) is 0. The third-order valence-corrected chi connectivity index (χ3v) is 2.31. The monoisotopic (exact) mass is 256 g/mol. The largest absolute Gasteiger partial charge is 0.481 e. The smallest absolute Gasteiger partial charge is 0.315 e. The molecule has 0 spiro atoms. The molecule has 0 fully saturated rings. The Balaban J connectivity index is 4.01. The lowest BCUT2D eigenvalue weighted by Gasteiger charge is -2.16. The highest BCUT2D eigenvalue weighted by molar-refractivity contribution is 5.74. The fourth-order valence-electron chi connectivity index (χ4n) is 1.34. The van der Waals surface area contributed by atoms with Crippen molar-refractivity contribution >= 4 is 12.0 Å². The summed E-state index contributed by atoms with van der Waals surface area (Å²) in [5, 5.41) is 13.7. The summed E-state index contributed by atoms with van der Waals surface area (Å²) in [4.78, 5) is 22.0. The van der Waals surface area contributed by atoms with Gasteiger partial charge in [-0.3, -0.25) is 4.79 Å². The highest BCUT2D eigenvalue weighted by Crippen LogP contribution is 1.97. The first-order valence-electron chi connectivity index (χ1n) is 5.78. The van der Waals surface area contributed by atoms with Gasteiger partial charge < -0.3 is 20.5 Å². The summed E-state index contributed by atoms with van der Waals surface area (Å²) in [5.74, 6) is 1.49. The zero-order chi connectivity index (χ0) is 14.0. The number of hydrogen-bond acceptors (Lipinski definition) is 3. The van der Waals surface area contributed by atoms with Gasteiger partial charge in [0.05, 0.1) is 18.6 Å². The SMILES string of the molecule is C#CC(CCC)NC(=O)NCC(CC(=O)O)OC. The summed E-state index contributed by atoms with van der Waals surface area (Å²) in [7, 11) is 1.40. The number of ether oxygens (including phenoxy) is 1. The second-order valence-corrected chi connectivity index (χ2v) is 3.82. The number of methoxy groups -OCH3 is 1. The zero-order valence-corrected chi connectivity index (χ0v) is 10.7. The Bertz CT molecular complexity index is 312. The Kier molecular flexibility index (Phi) is 8.41. The molecule has 0 aliphatic heterocycles. The predicted octanol–water partition coefficient (Wildman–Crippen LogP) is 0.577. The fraction of sp³-hybridized carbons (Fsp3) is 0.667. The molecule has 0 aliphatic rings. The number of amides is 2. The van der Waals surface area contributed by atoms with Crippen LogP contribution < -0.4 is 10.6 Å². The number of nitrogens with one attached hydrogen (secondary N) is 2. The van der Waals surface area contributed by atoms with E-state index in [1.807, 2.05) is 6.92 Å². The van der Waals surface area contributed by atoms with Gasteiger partial charge in [-0.15, -0.1) is 6.42 Å². The van der Waals surface area contributed by atoms with Crippen molar-refractivity contribution in [2.45, 2.75) is 38.3 Å². The van der Waals surface area contributed by atoms with Crippen molar-refractivity contribution < 1.29 is 19.4 Å². The van der Waals surface area contributed by atoms with E-state index >= 15 is 0 Å². The lowest BCUT2D eigenvalue weighted by atomic mass is 10.2. The molecule has 6 nitrogen and oxygen atoms in total. The van der Waals surface area contributed by atoms with Crippen LogP contribution >= 0.6 is 0 Å². The quantitative estimate of drug-likeness (QED) is 0.554. The minimum atomic E-state index is -0.975. The Morgan fingerprint density at radius 2 is 2.17 bits per heavy atom. The first kappa shape index (κ1) is 16.3. The molecule has 0 bridgehead atoms. The van der Waals surface area contributed by atoms with Crippen LogP contribution in [0.5, 0.6) is 0 Å². The highest BCUT2D eigenvalue weighted by Gasteiger charge is 2.14. The molecule has 102 valence electrons. The minimum absolute atomic E-state index is 0.123. The van der Waals surface area contributed by atoms with E-state index in [-0.39, 0.29) is 19.0 Å². The third kappa shape index (κ3) is 7.52. The topological polar surface area (TPSA) is 87.7 Å². The first-order chi connectivity index (χ1) is 8.53. The van der Waals surface area contributed by atoms with E-state index in [1.54, 1.807) is 0 Å². The van der Waals surface area contributed by atoms with Gasteiger partial charge in [0.2, 0.25) is 0 Å². The molecule has 6 heteroatoms. The zero-order valence-electron chi connectivity index (χ0n) is 10.7. The highest BCUT2D eigenvalue weighted by atomic mass is 16.5. The fourth-order valence-corrected chi connectivity index (χ4v) is 1.34. The summed E-state index contributed by atoms with van der Waals surface area (Å²) in [6.07, 6.45) is 6.12. The molecule has 0 aromatic rings. The molecule has 2 amide bonds. The van der Waals surface area contributed by atoms with Crippen LogP contribution in [0.3, 0.4) is 0 Å². The third-order valence-electron chi connectivity index (χ3n) is 2.31. The minimum Gasteiger partial charge on any atom is -0.481 e. The number of aliphatic carboxylic acids is 1. The number of carbonyl (C=O) groups is 2. The Labute approximate surface area is 107 Å². The number of rotatable bonds is 8. The molecule has 0 aromatic carbocycles. The van der Waals surface area contributed by atoms with E-state index in [2.05, 4.69) is 16.6 Å². The number of carboxylic acid groups (broad SMARTS) is 1. The second-order valence-electron chi connectivity index (χ2n) is 3.82. The predicted molar refractivity (Wildman–Crippen MR) is 67.1 cm³/mol. The molecule has 18 heavy (non-hydrogen) atoms. The van der Waals surface area contributed by atoms with E-state index in [9.17, 15) is 9.59 Å². The molecule has 3 N–H and O–H groups in total. The maximum absolute atomic E-state index is 11.5. The summed E-state index contributed by atoms with van der Waals surface area (Å²) in [6.45, 7) is 2.09. The average Bonchev–Trinajstić information content (AvgIpc) is 2.33.